The maximum absolute atomic E-state index is 13.2. The van der Waals surface area contributed by atoms with Crippen molar-refractivity contribution < 1.29 is 9.13 Å². The van der Waals surface area contributed by atoms with E-state index in [2.05, 4.69) is 25.7 Å². The molecule has 0 aliphatic carbocycles. The Hall–Kier alpha value is -2.48. The van der Waals surface area contributed by atoms with Gasteiger partial charge in [-0.2, -0.15) is 5.10 Å². The van der Waals surface area contributed by atoms with Crippen LogP contribution in [0.15, 0.2) is 29.3 Å². The fraction of sp³-hybridized carbons (Fsp3) is 0.526. The Kier molecular flexibility index (Phi) is 6.39. The minimum atomic E-state index is -0.260. The number of nitrogens with zero attached hydrogens (tertiary/aromatic N) is 4. The molecular weight excluding hydrogens is 347 g/mol. The van der Waals surface area contributed by atoms with E-state index in [1.54, 1.807) is 19.2 Å². The van der Waals surface area contributed by atoms with Gasteiger partial charge < -0.3 is 15.4 Å². The van der Waals surface area contributed by atoms with Crippen LogP contribution in [-0.4, -0.2) is 40.9 Å². The second kappa shape index (κ2) is 8.94. The van der Waals surface area contributed by atoms with Crippen molar-refractivity contribution >= 4 is 5.96 Å². The lowest BCUT2D eigenvalue weighted by molar-refractivity contribution is 0.111. The zero-order valence-electron chi connectivity index (χ0n) is 16.1. The Balaban J connectivity index is 1.72. The molecule has 146 valence electrons. The van der Waals surface area contributed by atoms with Gasteiger partial charge in [-0.1, -0.05) is 12.1 Å². The molecule has 7 nitrogen and oxygen atoms in total. The monoisotopic (exact) mass is 374 g/mol. The number of rotatable bonds is 6. The molecule has 2 atom stereocenters. The number of ether oxygens (including phenoxy) is 1. The summed E-state index contributed by atoms with van der Waals surface area (Å²) < 4.78 is 20.7. The number of nitrogens with one attached hydrogen (secondary N) is 2. The molecule has 2 aromatic rings. The lowest BCUT2D eigenvalue weighted by atomic mass is 10.1. The first kappa shape index (κ1) is 19.3. The number of aryl methyl sites for hydroxylation is 2. The van der Waals surface area contributed by atoms with Crippen LogP contribution in [0.3, 0.4) is 0 Å². The normalized spacial score (nSPS) is 18.1. The van der Waals surface area contributed by atoms with E-state index in [0.717, 1.165) is 43.1 Å². The molecule has 0 radical (unpaired) electrons. The molecule has 0 spiro atoms. The summed E-state index contributed by atoms with van der Waals surface area (Å²) in [6, 6.07) is 6.40. The molecule has 3 rings (SSSR count). The van der Waals surface area contributed by atoms with Crippen molar-refractivity contribution in [2.45, 2.75) is 45.4 Å². The van der Waals surface area contributed by atoms with E-state index in [0.29, 0.717) is 12.5 Å². The average Bonchev–Trinajstić information content (AvgIpc) is 3.05. The van der Waals surface area contributed by atoms with Gasteiger partial charge in [-0.15, -0.1) is 0 Å². The third kappa shape index (κ3) is 4.82. The zero-order chi connectivity index (χ0) is 19.2. The Morgan fingerprint density at radius 1 is 1.41 bits per heavy atom. The van der Waals surface area contributed by atoms with Crippen LogP contribution in [0.2, 0.25) is 0 Å². The van der Waals surface area contributed by atoms with Gasteiger partial charge in [0.1, 0.15) is 23.6 Å². The topological polar surface area (TPSA) is 76.4 Å². The van der Waals surface area contributed by atoms with E-state index in [-0.39, 0.29) is 18.0 Å². The summed E-state index contributed by atoms with van der Waals surface area (Å²) in [5.41, 5.74) is 0.895. The predicted molar refractivity (Wildman–Crippen MR) is 102 cm³/mol. The molecule has 0 saturated heterocycles. The van der Waals surface area contributed by atoms with Gasteiger partial charge in [0, 0.05) is 20.2 Å². The first-order valence-corrected chi connectivity index (χ1v) is 9.35. The fourth-order valence-electron chi connectivity index (χ4n) is 3.26. The van der Waals surface area contributed by atoms with E-state index in [1.807, 2.05) is 18.5 Å². The number of aliphatic imine (C=N–C) groups is 1. The average molecular weight is 374 g/mol. The van der Waals surface area contributed by atoms with E-state index in [1.165, 1.54) is 12.1 Å². The highest BCUT2D eigenvalue weighted by Crippen LogP contribution is 2.23. The summed E-state index contributed by atoms with van der Waals surface area (Å²) in [5.74, 6) is 2.19. The quantitative estimate of drug-likeness (QED) is 0.600. The largest absolute Gasteiger partial charge is 0.375 e. The molecule has 0 fully saturated rings. The molecule has 1 aliphatic rings. The molecule has 2 N–H and O–H groups in total. The SMILES string of the molecule is CCNC(=NCC(OC)c1ccc(F)cc1)NC1CCCn2nc(C)nc21. The second-order valence-electron chi connectivity index (χ2n) is 6.58. The minimum absolute atomic E-state index is 0.0737. The van der Waals surface area contributed by atoms with Gasteiger partial charge >= 0.3 is 0 Å². The van der Waals surface area contributed by atoms with Crippen molar-refractivity contribution in [2.24, 2.45) is 4.99 Å². The first-order chi connectivity index (χ1) is 13.1. The molecule has 0 saturated carbocycles. The van der Waals surface area contributed by atoms with Crippen LogP contribution in [-0.2, 0) is 11.3 Å². The number of guanidine groups is 1. The van der Waals surface area contributed by atoms with Gasteiger partial charge in [-0.25, -0.2) is 14.1 Å². The van der Waals surface area contributed by atoms with Crippen LogP contribution in [0.5, 0.6) is 0 Å². The van der Waals surface area contributed by atoms with E-state index in [9.17, 15) is 4.39 Å². The highest BCUT2D eigenvalue weighted by molar-refractivity contribution is 5.80. The summed E-state index contributed by atoms with van der Waals surface area (Å²) >= 11 is 0. The summed E-state index contributed by atoms with van der Waals surface area (Å²) in [7, 11) is 1.64. The molecule has 27 heavy (non-hydrogen) atoms. The second-order valence-corrected chi connectivity index (χ2v) is 6.58. The van der Waals surface area contributed by atoms with Gasteiger partial charge in [-0.3, -0.25) is 4.99 Å². The Morgan fingerprint density at radius 2 is 2.19 bits per heavy atom. The fourth-order valence-corrected chi connectivity index (χ4v) is 3.26. The van der Waals surface area contributed by atoms with Crippen molar-refractivity contribution in [1.29, 1.82) is 0 Å². The third-order valence-electron chi connectivity index (χ3n) is 4.58. The number of methoxy groups -OCH3 is 1. The number of aromatic nitrogens is 3. The zero-order valence-corrected chi connectivity index (χ0v) is 16.1. The van der Waals surface area contributed by atoms with Crippen LogP contribution in [0.1, 0.15) is 49.1 Å². The van der Waals surface area contributed by atoms with Crippen molar-refractivity contribution in [3.63, 3.8) is 0 Å². The number of halogens is 1. The van der Waals surface area contributed by atoms with Crippen LogP contribution in [0.4, 0.5) is 4.39 Å². The summed E-state index contributed by atoms with van der Waals surface area (Å²) in [4.78, 5) is 9.23. The maximum atomic E-state index is 13.2. The molecule has 1 aromatic carbocycles. The smallest absolute Gasteiger partial charge is 0.191 e. The Bertz CT molecular complexity index is 773. The molecular formula is C19H27FN6O. The summed E-state index contributed by atoms with van der Waals surface area (Å²) in [5, 5.41) is 11.2. The molecule has 2 heterocycles. The predicted octanol–water partition coefficient (Wildman–Crippen LogP) is 2.50. The molecule has 0 amide bonds. The van der Waals surface area contributed by atoms with Crippen LogP contribution < -0.4 is 10.6 Å². The molecule has 0 bridgehead atoms. The Labute approximate surface area is 159 Å². The highest BCUT2D eigenvalue weighted by atomic mass is 19.1. The number of hydrogen-bond acceptors (Lipinski definition) is 4. The number of benzene rings is 1. The number of hydrogen-bond donors (Lipinski definition) is 2. The van der Waals surface area contributed by atoms with Crippen molar-refractivity contribution in [3.8, 4) is 0 Å². The first-order valence-electron chi connectivity index (χ1n) is 9.35. The highest BCUT2D eigenvalue weighted by Gasteiger charge is 2.24. The van der Waals surface area contributed by atoms with Gasteiger partial charge in [-0.05, 0) is 44.4 Å². The van der Waals surface area contributed by atoms with Crippen molar-refractivity contribution in [3.05, 3.63) is 47.3 Å². The maximum Gasteiger partial charge on any atom is 0.191 e. The van der Waals surface area contributed by atoms with E-state index >= 15 is 0 Å². The molecule has 8 heteroatoms. The number of fused-ring (bicyclic) bond motifs is 1. The van der Waals surface area contributed by atoms with Crippen molar-refractivity contribution in [1.82, 2.24) is 25.4 Å². The molecule has 2 unspecified atom stereocenters. The van der Waals surface area contributed by atoms with Gasteiger partial charge in [0.2, 0.25) is 0 Å². The third-order valence-corrected chi connectivity index (χ3v) is 4.58. The van der Waals surface area contributed by atoms with Crippen LogP contribution >= 0.6 is 0 Å². The lowest BCUT2D eigenvalue weighted by Crippen LogP contribution is -2.41. The van der Waals surface area contributed by atoms with Gasteiger partial charge in [0.05, 0.1) is 12.6 Å². The van der Waals surface area contributed by atoms with E-state index in [4.69, 9.17) is 4.74 Å². The molecule has 1 aliphatic heterocycles. The Morgan fingerprint density at radius 3 is 2.89 bits per heavy atom. The van der Waals surface area contributed by atoms with Gasteiger partial charge in [0.15, 0.2) is 5.96 Å². The standard InChI is InChI=1S/C19H27FN6O/c1-4-21-19(22-12-17(27-3)14-7-9-15(20)10-8-14)24-16-6-5-11-26-18(16)23-13(2)25-26/h7-10,16-17H,4-6,11-12H2,1-3H3,(H2,21,22,24). The summed E-state index contributed by atoms with van der Waals surface area (Å²) in [6.45, 7) is 6.01. The van der Waals surface area contributed by atoms with Gasteiger partial charge in [0.25, 0.3) is 0 Å². The van der Waals surface area contributed by atoms with E-state index < -0.39 is 0 Å². The minimum Gasteiger partial charge on any atom is -0.375 e. The van der Waals surface area contributed by atoms with Crippen molar-refractivity contribution in [2.75, 3.05) is 20.2 Å². The lowest BCUT2D eigenvalue weighted by Gasteiger charge is -2.25. The van der Waals surface area contributed by atoms with Crippen LogP contribution in [0.25, 0.3) is 0 Å². The summed E-state index contributed by atoms with van der Waals surface area (Å²) in [6.07, 6.45) is 1.79. The van der Waals surface area contributed by atoms with Crippen LogP contribution in [0, 0.1) is 12.7 Å². The molecule has 1 aromatic heterocycles.